The smallest absolute Gasteiger partial charge is 0.310 e. The molecule has 0 radical (unpaired) electrons. The highest BCUT2D eigenvalue weighted by Gasteiger charge is 2.29. The van der Waals surface area contributed by atoms with Crippen LogP contribution in [0.5, 0.6) is 0 Å². The topological polar surface area (TPSA) is 85.7 Å². The Bertz CT molecular complexity index is 828. The molecular formula is C18H19N5O2. The first-order valence-corrected chi connectivity index (χ1v) is 8.38. The van der Waals surface area contributed by atoms with E-state index in [0.29, 0.717) is 13.0 Å². The van der Waals surface area contributed by atoms with Crippen LogP contribution in [0.2, 0.25) is 0 Å². The SMILES string of the molecule is O=C(OC(Cn1cncn1)c1ccccc1)C1CCc2cn[nH]c2C1. The lowest BCUT2D eigenvalue weighted by Gasteiger charge is -2.24. The summed E-state index contributed by atoms with van der Waals surface area (Å²) in [4.78, 5) is 16.7. The van der Waals surface area contributed by atoms with Crippen molar-refractivity contribution in [2.75, 3.05) is 0 Å². The van der Waals surface area contributed by atoms with Crippen molar-refractivity contribution in [2.24, 2.45) is 5.92 Å². The minimum absolute atomic E-state index is 0.144. The van der Waals surface area contributed by atoms with Gasteiger partial charge in [-0.05, 0) is 24.0 Å². The van der Waals surface area contributed by atoms with Gasteiger partial charge in [0, 0.05) is 12.1 Å². The minimum atomic E-state index is -0.390. The van der Waals surface area contributed by atoms with Crippen LogP contribution in [-0.2, 0) is 28.9 Å². The summed E-state index contributed by atoms with van der Waals surface area (Å²) in [7, 11) is 0. The van der Waals surface area contributed by atoms with E-state index in [1.54, 1.807) is 11.0 Å². The quantitative estimate of drug-likeness (QED) is 0.721. The summed E-state index contributed by atoms with van der Waals surface area (Å²) in [5.74, 6) is -0.316. The van der Waals surface area contributed by atoms with E-state index >= 15 is 0 Å². The second-order valence-electron chi connectivity index (χ2n) is 6.27. The van der Waals surface area contributed by atoms with Crippen LogP contribution < -0.4 is 0 Å². The highest BCUT2D eigenvalue weighted by atomic mass is 16.5. The summed E-state index contributed by atoms with van der Waals surface area (Å²) in [5.41, 5.74) is 3.19. The van der Waals surface area contributed by atoms with Crippen LogP contribution in [0.3, 0.4) is 0 Å². The van der Waals surface area contributed by atoms with Crippen LogP contribution in [-0.4, -0.2) is 30.9 Å². The van der Waals surface area contributed by atoms with Crippen LogP contribution in [0.1, 0.15) is 29.3 Å². The monoisotopic (exact) mass is 337 g/mol. The molecule has 1 aliphatic carbocycles. The van der Waals surface area contributed by atoms with E-state index in [0.717, 1.165) is 24.1 Å². The Morgan fingerprint density at radius 1 is 1.36 bits per heavy atom. The second-order valence-corrected chi connectivity index (χ2v) is 6.27. The fraction of sp³-hybridized carbons (Fsp3) is 0.333. The number of aromatic amines is 1. The summed E-state index contributed by atoms with van der Waals surface area (Å²) in [5, 5.41) is 11.2. The standard InChI is InChI=1S/C18H19N5O2/c24-18(14-6-7-15-9-20-22-16(15)8-14)25-17(10-23-12-19-11-21-23)13-4-2-1-3-5-13/h1-5,9,11-12,14,17H,6-8,10H2,(H,20,22). The Morgan fingerprint density at radius 3 is 3.04 bits per heavy atom. The molecule has 128 valence electrons. The molecule has 0 aliphatic heterocycles. The van der Waals surface area contributed by atoms with Crippen molar-refractivity contribution in [3.8, 4) is 0 Å². The largest absolute Gasteiger partial charge is 0.455 e. The molecule has 0 bridgehead atoms. The van der Waals surface area contributed by atoms with Gasteiger partial charge in [-0.2, -0.15) is 10.2 Å². The Morgan fingerprint density at radius 2 is 2.24 bits per heavy atom. The van der Waals surface area contributed by atoms with Crippen LogP contribution in [0.25, 0.3) is 0 Å². The van der Waals surface area contributed by atoms with Gasteiger partial charge in [-0.25, -0.2) is 9.67 Å². The minimum Gasteiger partial charge on any atom is -0.455 e. The number of fused-ring (bicyclic) bond motifs is 1. The molecule has 7 nitrogen and oxygen atoms in total. The average molecular weight is 337 g/mol. The molecular weight excluding hydrogens is 318 g/mol. The predicted octanol–water partition coefficient (Wildman–Crippen LogP) is 2.09. The van der Waals surface area contributed by atoms with Crippen molar-refractivity contribution in [2.45, 2.75) is 31.9 Å². The van der Waals surface area contributed by atoms with Crippen LogP contribution >= 0.6 is 0 Å². The molecule has 2 heterocycles. The fourth-order valence-corrected chi connectivity index (χ4v) is 3.22. The van der Waals surface area contributed by atoms with Crippen LogP contribution in [0.4, 0.5) is 0 Å². The van der Waals surface area contributed by atoms with Crippen molar-refractivity contribution in [3.05, 3.63) is 66.0 Å². The number of rotatable bonds is 5. The van der Waals surface area contributed by atoms with Crippen molar-refractivity contribution in [1.29, 1.82) is 0 Å². The molecule has 3 aromatic rings. The van der Waals surface area contributed by atoms with Gasteiger partial charge >= 0.3 is 5.97 Å². The first-order valence-electron chi connectivity index (χ1n) is 8.38. The lowest BCUT2D eigenvalue weighted by Crippen LogP contribution is -2.27. The molecule has 25 heavy (non-hydrogen) atoms. The Hall–Kier alpha value is -2.96. The number of ether oxygens (including phenoxy) is 1. The van der Waals surface area contributed by atoms with Gasteiger partial charge in [0.15, 0.2) is 0 Å². The van der Waals surface area contributed by atoms with Gasteiger partial charge in [-0.3, -0.25) is 9.89 Å². The number of hydrogen-bond donors (Lipinski definition) is 1. The van der Waals surface area contributed by atoms with E-state index in [4.69, 9.17) is 4.74 Å². The first kappa shape index (κ1) is 15.6. The molecule has 0 amide bonds. The number of hydrogen-bond acceptors (Lipinski definition) is 5. The second kappa shape index (κ2) is 6.88. The molecule has 2 atom stereocenters. The number of aromatic nitrogens is 5. The number of H-pyrrole nitrogens is 1. The molecule has 0 spiro atoms. The summed E-state index contributed by atoms with van der Waals surface area (Å²) >= 11 is 0. The van der Waals surface area contributed by atoms with Crippen molar-refractivity contribution in [1.82, 2.24) is 25.0 Å². The zero-order valence-electron chi connectivity index (χ0n) is 13.7. The summed E-state index contributed by atoms with van der Waals surface area (Å²) in [6.07, 6.45) is 6.85. The van der Waals surface area contributed by atoms with E-state index in [9.17, 15) is 4.79 Å². The highest BCUT2D eigenvalue weighted by Crippen LogP contribution is 2.27. The number of carbonyl (C=O) groups excluding carboxylic acids is 1. The third kappa shape index (κ3) is 3.45. The van der Waals surface area contributed by atoms with Gasteiger partial charge < -0.3 is 4.74 Å². The number of nitrogens with one attached hydrogen (secondary N) is 1. The number of aryl methyl sites for hydroxylation is 1. The van der Waals surface area contributed by atoms with E-state index in [-0.39, 0.29) is 11.9 Å². The molecule has 4 rings (SSSR count). The van der Waals surface area contributed by atoms with Crippen molar-refractivity contribution >= 4 is 5.97 Å². The summed E-state index contributed by atoms with van der Waals surface area (Å²) < 4.78 is 7.56. The van der Waals surface area contributed by atoms with Gasteiger partial charge in [0.25, 0.3) is 0 Å². The number of carbonyl (C=O) groups is 1. The third-order valence-corrected chi connectivity index (χ3v) is 4.60. The van der Waals surface area contributed by atoms with E-state index < -0.39 is 6.10 Å². The lowest BCUT2D eigenvalue weighted by molar-refractivity contribution is -0.155. The van der Waals surface area contributed by atoms with Gasteiger partial charge in [-0.15, -0.1) is 0 Å². The molecule has 0 saturated heterocycles. The predicted molar refractivity (Wildman–Crippen MR) is 89.4 cm³/mol. The molecule has 1 N–H and O–H groups in total. The maximum atomic E-state index is 12.7. The number of benzene rings is 1. The number of esters is 1. The average Bonchev–Trinajstić information content (AvgIpc) is 3.32. The zero-order valence-corrected chi connectivity index (χ0v) is 13.7. The zero-order chi connectivity index (χ0) is 17.1. The lowest BCUT2D eigenvalue weighted by atomic mass is 9.88. The normalized spacial score (nSPS) is 17.7. The Balaban J connectivity index is 1.49. The first-order chi connectivity index (χ1) is 12.3. The van der Waals surface area contributed by atoms with Gasteiger partial charge in [-0.1, -0.05) is 30.3 Å². The Kier molecular flexibility index (Phi) is 4.28. The molecule has 2 unspecified atom stereocenters. The highest BCUT2D eigenvalue weighted by molar-refractivity contribution is 5.73. The van der Waals surface area contributed by atoms with Crippen molar-refractivity contribution in [3.63, 3.8) is 0 Å². The molecule has 7 heteroatoms. The van der Waals surface area contributed by atoms with E-state index in [1.165, 1.54) is 11.9 Å². The van der Waals surface area contributed by atoms with Crippen molar-refractivity contribution < 1.29 is 9.53 Å². The maximum Gasteiger partial charge on any atom is 0.310 e. The van der Waals surface area contributed by atoms with E-state index in [1.807, 2.05) is 36.5 Å². The third-order valence-electron chi connectivity index (χ3n) is 4.60. The van der Waals surface area contributed by atoms with Gasteiger partial charge in [0.05, 0.1) is 18.7 Å². The summed E-state index contributed by atoms with van der Waals surface area (Å²) in [6.45, 7) is 0.442. The Labute approximate surface area is 145 Å². The maximum absolute atomic E-state index is 12.7. The van der Waals surface area contributed by atoms with Gasteiger partial charge in [0.2, 0.25) is 0 Å². The van der Waals surface area contributed by atoms with Crippen LogP contribution in [0, 0.1) is 5.92 Å². The van der Waals surface area contributed by atoms with Gasteiger partial charge in [0.1, 0.15) is 18.8 Å². The molecule has 0 fully saturated rings. The number of nitrogens with zero attached hydrogens (tertiary/aromatic N) is 4. The molecule has 1 aliphatic rings. The molecule has 2 aromatic heterocycles. The molecule has 0 saturated carbocycles. The summed E-state index contributed by atoms with van der Waals surface area (Å²) in [6, 6.07) is 9.74. The van der Waals surface area contributed by atoms with Crippen LogP contribution in [0.15, 0.2) is 49.2 Å². The fourth-order valence-electron chi connectivity index (χ4n) is 3.22. The molecule has 1 aromatic carbocycles. The van der Waals surface area contributed by atoms with E-state index in [2.05, 4.69) is 20.3 Å².